The number of carbonyl (C=O) groups is 1. The molecule has 0 saturated heterocycles. The lowest BCUT2D eigenvalue weighted by Gasteiger charge is -2.19. The molecule has 0 saturated carbocycles. The van der Waals surface area contributed by atoms with Gasteiger partial charge in [0.1, 0.15) is 11.7 Å². The van der Waals surface area contributed by atoms with Crippen molar-refractivity contribution in [1.82, 2.24) is 9.55 Å². The topological polar surface area (TPSA) is 56.1 Å². The molecular weight excluding hydrogens is 302 g/mol. The number of amides is 1. The van der Waals surface area contributed by atoms with Crippen molar-refractivity contribution in [3.63, 3.8) is 0 Å². The van der Waals surface area contributed by atoms with Crippen LogP contribution in [0.2, 0.25) is 0 Å². The van der Waals surface area contributed by atoms with Crippen LogP contribution < -0.4 is 10.1 Å². The van der Waals surface area contributed by atoms with Crippen molar-refractivity contribution in [2.24, 2.45) is 0 Å². The Morgan fingerprint density at radius 1 is 1.12 bits per heavy atom. The number of hydrogen-bond donors (Lipinski definition) is 1. The number of nitrogens with zero attached hydrogens (tertiary/aromatic N) is 2. The van der Waals surface area contributed by atoms with E-state index in [4.69, 9.17) is 4.74 Å². The number of aromatic nitrogens is 2. The average Bonchev–Trinajstić information content (AvgIpc) is 3.15. The Hall–Kier alpha value is -3.08. The molecule has 2 aromatic heterocycles. The van der Waals surface area contributed by atoms with Crippen molar-refractivity contribution in [3.8, 4) is 5.88 Å². The Balaban J connectivity index is 1.84. The molecule has 5 heteroatoms. The molecule has 0 radical (unpaired) electrons. The normalized spacial score (nSPS) is 11.7. The second-order valence-electron chi connectivity index (χ2n) is 5.39. The van der Waals surface area contributed by atoms with Gasteiger partial charge in [-0.1, -0.05) is 30.3 Å². The lowest BCUT2D eigenvalue weighted by Crippen LogP contribution is -2.27. The van der Waals surface area contributed by atoms with Crippen LogP contribution in [-0.4, -0.2) is 22.6 Å². The van der Waals surface area contributed by atoms with Gasteiger partial charge >= 0.3 is 0 Å². The number of pyridine rings is 1. The molecule has 0 aliphatic rings. The average molecular weight is 321 g/mol. The summed E-state index contributed by atoms with van der Waals surface area (Å²) in [6, 6.07) is 17.0. The summed E-state index contributed by atoms with van der Waals surface area (Å²) < 4.78 is 7.11. The molecule has 1 aromatic carbocycles. The zero-order valence-corrected chi connectivity index (χ0v) is 13.4. The Bertz CT molecular complexity index is 785. The number of methoxy groups -OCH3 is 1. The molecule has 0 aliphatic carbocycles. The van der Waals surface area contributed by atoms with Crippen LogP contribution in [0.25, 0.3) is 0 Å². The molecule has 0 bridgehead atoms. The van der Waals surface area contributed by atoms with Crippen LogP contribution in [0.4, 0.5) is 5.69 Å². The molecule has 0 fully saturated rings. The van der Waals surface area contributed by atoms with Crippen LogP contribution in [0.3, 0.4) is 0 Å². The van der Waals surface area contributed by atoms with Gasteiger partial charge in [0.25, 0.3) is 0 Å². The molecule has 0 spiro atoms. The van der Waals surface area contributed by atoms with E-state index in [0.717, 1.165) is 5.56 Å². The first-order chi connectivity index (χ1) is 11.8. The van der Waals surface area contributed by atoms with E-state index in [1.165, 1.54) is 7.11 Å². The highest BCUT2D eigenvalue weighted by atomic mass is 16.5. The zero-order valence-electron chi connectivity index (χ0n) is 13.4. The highest BCUT2D eigenvalue weighted by molar-refractivity contribution is 5.94. The van der Waals surface area contributed by atoms with Crippen LogP contribution >= 0.6 is 0 Å². The zero-order chi connectivity index (χ0) is 16.8. The third kappa shape index (κ3) is 3.63. The fourth-order valence-electron chi connectivity index (χ4n) is 2.59. The maximum Gasteiger partial charge on any atom is 0.247 e. The fourth-order valence-corrected chi connectivity index (χ4v) is 2.59. The highest BCUT2D eigenvalue weighted by Crippen LogP contribution is 2.23. The third-order valence-corrected chi connectivity index (χ3v) is 3.78. The second kappa shape index (κ2) is 7.46. The SMILES string of the molecule is COc1ncccc1NC(=O)C(Cc1ccccc1)n1cccc1. The molecule has 3 rings (SSSR count). The number of benzene rings is 1. The largest absolute Gasteiger partial charge is 0.480 e. The van der Waals surface area contributed by atoms with E-state index in [0.29, 0.717) is 18.0 Å². The van der Waals surface area contributed by atoms with E-state index >= 15 is 0 Å². The van der Waals surface area contributed by atoms with Gasteiger partial charge in [0.2, 0.25) is 11.8 Å². The Kier molecular flexibility index (Phi) is 4.91. The number of rotatable bonds is 6. The summed E-state index contributed by atoms with van der Waals surface area (Å²) in [6.45, 7) is 0. The fraction of sp³-hybridized carbons (Fsp3) is 0.158. The minimum Gasteiger partial charge on any atom is -0.480 e. The number of hydrogen-bond acceptors (Lipinski definition) is 3. The molecule has 5 nitrogen and oxygen atoms in total. The van der Waals surface area contributed by atoms with Crippen LogP contribution in [0.15, 0.2) is 73.2 Å². The molecule has 1 atom stereocenters. The summed E-state index contributed by atoms with van der Waals surface area (Å²) in [7, 11) is 1.53. The van der Waals surface area contributed by atoms with Gasteiger partial charge in [-0.15, -0.1) is 0 Å². The van der Waals surface area contributed by atoms with Gasteiger partial charge in [0.05, 0.1) is 7.11 Å². The van der Waals surface area contributed by atoms with Gasteiger partial charge in [-0.3, -0.25) is 4.79 Å². The van der Waals surface area contributed by atoms with Gasteiger partial charge in [0, 0.05) is 25.0 Å². The van der Waals surface area contributed by atoms with Crippen molar-refractivity contribution in [2.45, 2.75) is 12.5 Å². The lowest BCUT2D eigenvalue weighted by molar-refractivity contribution is -0.119. The molecule has 0 aliphatic heterocycles. The van der Waals surface area contributed by atoms with Gasteiger partial charge in [-0.05, 0) is 29.8 Å². The van der Waals surface area contributed by atoms with Gasteiger partial charge < -0.3 is 14.6 Å². The van der Waals surface area contributed by atoms with E-state index in [-0.39, 0.29) is 11.9 Å². The first-order valence-electron chi connectivity index (χ1n) is 7.74. The standard InChI is InChI=1S/C19H19N3O2/c1-24-19-16(10-7-11-20-19)21-18(23)17(22-12-5-6-13-22)14-15-8-3-2-4-9-15/h2-13,17H,14H2,1H3,(H,21,23). The molecule has 1 unspecified atom stereocenters. The van der Waals surface area contributed by atoms with Crippen molar-refractivity contribution in [3.05, 3.63) is 78.8 Å². The Labute approximate surface area is 140 Å². The van der Waals surface area contributed by atoms with E-state index in [2.05, 4.69) is 10.3 Å². The van der Waals surface area contributed by atoms with Crippen molar-refractivity contribution in [1.29, 1.82) is 0 Å². The summed E-state index contributed by atoms with van der Waals surface area (Å²) >= 11 is 0. The molecule has 24 heavy (non-hydrogen) atoms. The molecular formula is C19H19N3O2. The van der Waals surface area contributed by atoms with Gasteiger partial charge in [0.15, 0.2) is 0 Å². The highest BCUT2D eigenvalue weighted by Gasteiger charge is 2.21. The summed E-state index contributed by atoms with van der Waals surface area (Å²) in [6.07, 6.45) is 6.02. The van der Waals surface area contributed by atoms with Gasteiger partial charge in [-0.25, -0.2) is 4.98 Å². The first kappa shape index (κ1) is 15.8. The number of carbonyl (C=O) groups excluding carboxylic acids is 1. The van der Waals surface area contributed by atoms with E-state index in [9.17, 15) is 4.79 Å². The first-order valence-corrected chi connectivity index (χ1v) is 7.74. The van der Waals surface area contributed by atoms with Gasteiger partial charge in [-0.2, -0.15) is 0 Å². The summed E-state index contributed by atoms with van der Waals surface area (Å²) in [5, 5.41) is 2.92. The third-order valence-electron chi connectivity index (χ3n) is 3.78. The van der Waals surface area contributed by atoms with E-state index in [1.54, 1.807) is 18.3 Å². The number of nitrogens with one attached hydrogen (secondary N) is 1. The maximum absolute atomic E-state index is 12.9. The Morgan fingerprint density at radius 2 is 1.88 bits per heavy atom. The minimum absolute atomic E-state index is 0.110. The smallest absolute Gasteiger partial charge is 0.247 e. The molecule has 3 aromatic rings. The quantitative estimate of drug-likeness (QED) is 0.758. The molecule has 122 valence electrons. The van der Waals surface area contributed by atoms with Crippen LogP contribution in [-0.2, 0) is 11.2 Å². The molecule has 2 heterocycles. The van der Waals surface area contributed by atoms with Crippen molar-refractivity contribution >= 4 is 11.6 Å². The number of ether oxygens (including phenoxy) is 1. The minimum atomic E-state index is -0.354. The molecule has 1 amide bonds. The van der Waals surface area contributed by atoms with Crippen LogP contribution in [0, 0.1) is 0 Å². The Morgan fingerprint density at radius 3 is 2.58 bits per heavy atom. The lowest BCUT2D eigenvalue weighted by atomic mass is 10.1. The molecule has 1 N–H and O–H groups in total. The monoisotopic (exact) mass is 321 g/mol. The summed E-state index contributed by atoms with van der Waals surface area (Å²) in [5.74, 6) is 0.290. The van der Waals surface area contributed by atoms with Crippen LogP contribution in [0.5, 0.6) is 5.88 Å². The second-order valence-corrected chi connectivity index (χ2v) is 5.39. The maximum atomic E-state index is 12.9. The van der Waals surface area contributed by atoms with Crippen molar-refractivity contribution < 1.29 is 9.53 Å². The summed E-state index contributed by atoms with van der Waals surface area (Å²) in [4.78, 5) is 17.0. The van der Waals surface area contributed by atoms with Crippen molar-refractivity contribution in [2.75, 3.05) is 12.4 Å². The van der Waals surface area contributed by atoms with E-state index < -0.39 is 0 Å². The van der Waals surface area contributed by atoms with E-state index in [1.807, 2.05) is 59.4 Å². The number of anilines is 1. The van der Waals surface area contributed by atoms with Crippen LogP contribution in [0.1, 0.15) is 11.6 Å². The predicted octanol–water partition coefficient (Wildman–Crippen LogP) is 3.31. The summed E-state index contributed by atoms with van der Waals surface area (Å²) in [5.41, 5.74) is 1.67. The predicted molar refractivity (Wildman–Crippen MR) is 93.0 cm³/mol.